The van der Waals surface area contributed by atoms with Gasteiger partial charge in [-0.3, -0.25) is 4.79 Å². The summed E-state index contributed by atoms with van der Waals surface area (Å²) in [5, 5.41) is 5.80. The molecule has 1 heterocycles. The van der Waals surface area contributed by atoms with E-state index in [2.05, 4.69) is 5.10 Å². The van der Waals surface area contributed by atoms with Crippen molar-refractivity contribution < 1.29 is 9.18 Å². The van der Waals surface area contributed by atoms with Gasteiger partial charge >= 0.3 is 0 Å². The number of nitrogens with zero attached hydrogens (tertiary/aromatic N) is 2. The Balaban J connectivity index is 1.78. The second-order valence-electron chi connectivity index (χ2n) is 5.09. The van der Waals surface area contributed by atoms with Crippen LogP contribution in [-0.4, -0.2) is 23.2 Å². The highest BCUT2D eigenvalue weighted by Gasteiger charge is 2.27. The topological polar surface area (TPSA) is 32.7 Å². The van der Waals surface area contributed by atoms with Crippen molar-refractivity contribution in [2.45, 2.75) is 18.9 Å². The summed E-state index contributed by atoms with van der Waals surface area (Å²) in [7, 11) is 0. The highest BCUT2D eigenvalue weighted by molar-refractivity contribution is 6.02. The number of benzene rings is 2. The molecule has 0 radical (unpaired) electrons. The van der Waals surface area contributed by atoms with E-state index in [0.29, 0.717) is 12.8 Å². The second-order valence-corrected chi connectivity index (χ2v) is 5.09. The summed E-state index contributed by atoms with van der Waals surface area (Å²) in [5.74, 6) is -0.257. The van der Waals surface area contributed by atoms with Crippen LogP contribution < -0.4 is 0 Å². The molecule has 3 rings (SSSR count). The predicted octanol–water partition coefficient (Wildman–Crippen LogP) is 3.00. The van der Waals surface area contributed by atoms with Crippen LogP contribution >= 0.6 is 0 Å². The van der Waals surface area contributed by atoms with E-state index >= 15 is 0 Å². The quantitative estimate of drug-likeness (QED) is 0.793. The molecule has 1 aliphatic heterocycles. The van der Waals surface area contributed by atoms with E-state index in [1.54, 1.807) is 6.07 Å². The summed E-state index contributed by atoms with van der Waals surface area (Å²) in [4.78, 5) is 11.2. The van der Waals surface area contributed by atoms with Crippen LogP contribution in [0.15, 0.2) is 59.7 Å². The first-order chi connectivity index (χ1) is 10.3. The summed E-state index contributed by atoms with van der Waals surface area (Å²) in [5.41, 5.74) is 2.78. The van der Waals surface area contributed by atoms with Crippen LogP contribution in [0.25, 0.3) is 0 Å². The zero-order valence-electron chi connectivity index (χ0n) is 11.4. The minimum absolute atomic E-state index is 0.0560. The third-order valence-corrected chi connectivity index (χ3v) is 3.61. The maximum Gasteiger partial charge on any atom is 0.230 e. The lowest BCUT2D eigenvalue weighted by Crippen LogP contribution is -2.27. The Morgan fingerprint density at radius 1 is 1.19 bits per heavy atom. The van der Waals surface area contributed by atoms with E-state index in [0.717, 1.165) is 23.2 Å². The molecule has 0 aromatic heterocycles. The zero-order chi connectivity index (χ0) is 14.7. The summed E-state index contributed by atoms with van der Waals surface area (Å²) in [6.45, 7) is 0. The maximum atomic E-state index is 13.2. The fourth-order valence-electron chi connectivity index (χ4n) is 2.60. The molecule has 0 spiro atoms. The van der Waals surface area contributed by atoms with Gasteiger partial charge in [0.25, 0.3) is 0 Å². The molecule has 1 amide bonds. The molecule has 0 bridgehead atoms. The minimum atomic E-state index is -0.257. The van der Waals surface area contributed by atoms with Crippen LogP contribution in [-0.2, 0) is 11.2 Å². The fraction of sp³-hybridized carbons (Fsp3) is 0.176. The van der Waals surface area contributed by atoms with E-state index in [1.807, 2.05) is 36.4 Å². The average Bonchev–Trinajstić information content (AvgIpc) is 2.91. The lowest BCUT2D eigenvalue weighted by Gasteiger charge is -2.16. The van der Waals surface area contributed by atoms with Crippen molar-refractivity contribution in [3.63, 3.8) is 0 Å². The first-order valence-corrected chi connectivity index (χ1v) is 6.87. The molecule has 0 saturated carbocycles. The Morgan fingerprint density at radius 2 is 2.00 bits per heavy atom. The first-order valence-electron chi connectivity index (χ1n) is 6.87. The van der Waals surface area contributed by atoms with Crippen molar-refractivity contribution >= 4 is 12.1 Å². The van der Waals surface area contributed by atoms with Crippen LogP contribution in [0.2, 0.25) is 0 Å². The minimum Gasteiger partial charge on any atom is -0.277 e. The molecule has 21 heavy (non-hydrogen) atoms. The zero-order valence-corrected chi connectivity index (χ0v) is 11.4. The van der Waals surface area contributed by atoms with Crippen LogP contribution in [0.1, 0.15) is 17.5 Å². The molecule has 3 nitrogen and oxygen atoms in total. The molecule has 0 saturated heterocycles. The van der Waals surface area contributed by atoms with Crippen LogP contribution in [0.5, 0.6) is 0 Å². The number of carbonyl (C=O) groups excluding carboxylic acids is 1. The highest BCUT2D eigenvalue weighted by Crippen LogP contribution is 2.22. The van der Waals surface area contributed by atoms with E-state index in [4.69, 9.17) is 0 Å². The SMILES string of the molecule is O=CN1N=C(c2ccccc2)CC1Cc1cccc(F)c1. The molecule has 106 valence electrons. The molecule has 4 heteroatoms. The summed E-state index contributed by atoms with van der Waals surface area (Å²) in [6, 6.07) is 16.2. The molecule has 1 atom stereocenters. The van der Waals surface area contributed by atoms with Gasteiger partial charge < -0.3 is 0 Å². The van der Waals surface area contributed by atoms with Gasteiger partial charge in [-0.05, 0) is 29.7 Å². The van der Waals surface area contributed by atoms with Gasteiger partial charge in [0, 0.05) is 6.42 Å². The van der Waals surface area contributed by atoms with E-state index in [-0.39, 0.29) is 11.9 Å². The molecular weight excluding hydrogens is 267 g/mol. The second kappa shape index (κ2) is 5.87. The van der Waals surface area contributed by atoms with Crippen molar-refractivity contribution in [2.24, 2.45) is 5.10 Å². The van der Waals surface area contributed by atoms with Gasteiger partial charge in [0.15, 0.2) is 0 Å². The van der Waals surface area contributed by atoms with Gasteiger partial charge in [-0.25, -0.2) is 9.40 Å². The van der Waals surface area contributed by atoms with Crippen molar-refractivity contribution in [3.05, 3.63) is 71.5 Å². The number of hydrazone groups is 1. The van der Waals surface area contributed by atoms with Gasteiger partial charge in [0.05, 0.1) is 11.8 Å². The summed E-state index contributed by atoms with van der Waals surface area (Å²) in [6.07, 6.45) is 2.01. The molecule has 0 fully saturated rings. The summed E-state index contributed by atoms with van der Waals surface area (Å²) < 4.78 is 13.2. The Labute approximate surface area is 122 Å². The molecule has 1 aliphatic rings. The molecule has 2 aromatic rings. The predicted molar refractivity (Wildman–Crippen MR) is 79.4 cm³/mol. The molecular formula is C17H15FN2O. The number of amides is 1. The van der Waals surface area contributed by atoms with Gasteiger partial charge in [0.2, 0.25) is 6.41 Å². The lowest BCUT2D eigenvalue weighted by molar-refractivity contribution is -0.119. The smallest absolute Gasteiger partial charge is 0.230 e. The van der Waals surface area contributed by atoms with E-state index in [9.17, 15) is 9.18 Å². The maximum absolute atomic E-state index is 13.2. The number of rotatable bonds is 4. The van der Waals surface area contributed by atoms with Crippen molar-refractivity contribution in [1.82, 2.24) is 5.01 Å². The number of hydrogen-bond donors (Lipinski definition) is 0. The summed E-state index contributed by atoms with van der Waals surface area (Å²) >= 11 is 0. The molecule has 2 aromatic carbocycles. The van der Waals surface area contributed by atoms with Gasteiger partial charge in [-0.1, -0.05) is 42.5 Å². The normalized spacial score (nSPS) is 17.7. The molecule has 0 aliphatic carbocycles. The number of hydrogen-bond acceptors (Lipinski definition) is 2. The van der Waals surface area contributed by atoms with Crippen molar-refractivity contribution in [3.8, 4) is 0 Å². The first kappa shape index (κ1) is 13.5. The lowest BCUT2D eigenvalue weighted by atomic mass is 9.99. The van der Waals surface area contributed by atoms with Crippen molar-refractivity contribution in [1.29, 1.82) is 0 Å². The molecule has 0 N–H and O–H groups in total. The Kier molecular flexibility index (Phi) is 3.77. The van der Waals surface area contributed by atoms with Gasteiger partial charge in [-0.2, -0.15) is 5.10 Å². The number of halogens is 1. The standard InChI is InChI=1S/C17H15FN2O/c18-15-8-4-5-13(9-15)10-16-11-17(19-20(16)12-21)14-6-2-1-3-7-14/h1-9,12,16H,10-11H2. The van der Waals surface area contributed by atoms with E-state index in [1.165, 1.54) is 17.1 Å². The van der Waals surface area contributed by atoms with Crippen LogP contribution in [0.4, 0.5) is 4.39 Å². The third kappa shape index (κ3) is 2.99. The monoisotopic (exact) mass is 282 g/mol. The number of carbonyl (C=O) groups is 1. The van der Waals surface area contributed by atoms with Crippen LogP contribution in [0, 0.1) is 5.82 Å². The Hall–Kier alpha value is -2.49. The van der Waals surface area contributed by atoms with Gasteiger partial charge in [-0.15, -0.1) is 0 Å². The van der Waals surface area contributed by atoms with E-state index < -0.39 is 0 Å². The average molecular weight is 282 g/mol. The highest BCUT2D eigenvalue weighted by atomic mass is 19.1. The third-order valence-electron chi connectivity index (χ3n) is 3.61. The Bertz CT molecular complexity index is 670. The largest absolute Gasteiger partial charge is 0.277 e. The van der Waals surface area contributed by atoms with Gasteiger partial charge in [0.1, 0.15) is 5.82 Å². The fourth-order valence-corrected chi connectivity index (χ4v) is 2.60. The van der Waals surface area contributed by atoms with Crippen molar-refractivity contribution in [2.75, 3.05) is 0 Å². The van der Waals surface area contributed by atoms with Crippen LogP contribution in [0.3, 0.4) is 0 Å². The molecule has 1 unspecified atom stereocenters. The Morgan fingerprint density at radius 3 is 2.71 bits per heavy atom.